The molecule has 1 aliphatic rings. The number of hydrogen-bond acceptors (Lipinski definition) is 1. The SMILES string of the molecule is C[NH+]1CCC=C(C(=O)O)C1. The summed E-state index contributed by atoms with van der Waals surface area (Å²) >= 11 is 0. The Labute approximate surface area is 59.9 Å². The first-order chi connectivity index (χ1) is 4.70. The van der Waals surface area contributed by atoms with Gasteiger partial charge in [-0.1, -0.05) is 6.08 Å². The number of carbonyl (C=O) groups is 1. The summed E-state index contributed by atoms with van der Waals surface area (Å²) in [6, 6.07) is 0. The van der Waals surface area contributed by atoms with Crippen molar-refractivity contribution in [1.29, 1.82) is 0 Å². The van der Waals surface area contributed by atoms with Crippen LogP contribution in [0.25, 0.3) is 0 Å². The van der Waals surface area contributed by atoms with Gasteiger partial charge in [-0.25, -0.2) is 4.79 Å². The molecule has 1 unspecified atom stereocenters. The van der Waals surface area contributed by atoms with E-state index in [4.69, 9.17) is 5.11 Å². The summed E-state index contributed by atoms with van der Waals surface area (Å²) in [5.74, 6) is -0.765. The van der Waals surface area contributed by atoms with Crippen LogP contribution in [0.1, 0.15) is 6.42 Å². The Morgan fingerprint density at radius 1 is 1.80 bits per heavy atom. The van der Waals surface area contributed by atoms with Gasteiger partial charge in [0.15, 0.2) is 0 Å². The zero-order valence-corrected chi connectivity index (χ0v) is 6.05. The summed E-state index contributed by atoms with van der Waals surface area (Å²) in [5, 5.41) is 8.57. The second-order valence-electron chi connectivity index (χ2n) is 2.71. The number of quaternary nitrogens is 1. The molecule has 0 radical (unpaired) electrons. The monoisotopic (exact) mass is 142 g/mol. The standard InChI is InChI=1S/C7H11NO2/c1-8-4-2-3-6(5-8)7(9)10/h3H,2,4-5H2,1H3,(H,9,10)/p+1. The van der Waals surface area contributed by atoms with E-state index < -0.39 is 5.97 Å². The zero-order chi connectivity index (χ0) is 7.56. The molecule has 0 spiro atoms. The van der Waals surface area contributed by atoms with Crippen molar-refractivity contribution >= 4 is 5.97 Å². The average Bonchev–Trinajstić information content (AvgIpc) is 1.88. The minimum atomic E-state index is -0.765. The minimum Gasteiger partial charge on any atom is -0.478 e. The van der Waals surface area contributed by atoms with Crippen molar-refractivity contribution in [1.82, 2.24) is 0 Å². The highest BCUT2D eigenvalue weighted by Crippen LogP contribution is 1.96. The van der Waals surface area contributed by atoms with Gasteiger partial charge in [0.1, 0.15) is 6.54 Å². The number of likely N-dealkylation sites (N-methyl/N-ethyl adjacent to an activating group) is 1. The van der Waals surface area contributed by atoms with Crippen molar-refractivity contribution in [2.45, 2.75) is 6.42 Å². The summed E-state index contributed by atoms with van der Waals surface area (Å²) < 4.78 is 0. The summed E-state index contributed by atoms with van der Waals surface area (Å²) in [4.78, 5) is 11.7. The van der Waals surface area contributed by atoms with Gasteiger partial charge in [-0.15, -0.1) is 0 Å². The number of rotatable bonds is 1. The van der Waals surface area contributed by atoms with Gasteiger partial charge in [-0.05, 0) is 0 Å². The molecular weight excluding hydrogens is 130 g/mol. The maximum atomic E-state index is 10.4. The smallest absolute Gasteiger partial charge is 0.336 e. The molecule has 1 aliphatic heterocycles. The molecule has 0 aromatic rings. The number of carboxylic acid groups (broad SMARTS) is 1. The van der Waals surface area contributed by atoms with E-state index in [1.807, 2.05) is 13.1 Å². The molecule has 0 saturated carbocycles. The summed E-state index contributed by atoms with van der Waals surface area (Å²) in [6.45, 7) is 1.71. The third-order valence-electron chi connectivity index (χ3n) is 1.73. The van der Waals surface area contributed by atoms with Gasteiger partial charge in [0.2, 0.25) is 0 Å². The quantitative estimate of drug-likeness (QED) is 0.489. The molecule has 0 aliphatic carbocycles. The Kier molecular flexibility index (Phi) is 2.06. The van der Waals surface area contributed by atoms with Crippen molar-refractivity contribution in [3.63, 3.8) is 0 Å². The largest absolute Gasteiger partial charge is 0.478 e. The van der Waals surface area contributed by atoms with E-state index in [1.165, 1.54) is 4.90 Å². The number of nitrogens with one attached hydrogen (secondary N) is 1. The van der Waals surface area contributed by atoms with Gasteiger partial charge in [-0.2, -0.15) is 0 Å². The Hall–Kier alpha value is -0.830. The Balaban J connectivity index is 2.60. The lowest BCUT2D eigenvalue weighted by Gasteiger charge is -2.17. The molecule has 3 nitrogen and oxygen atoms in total. The molecule has 0 aromatic heterocycles. The van der Waals surface area contributed by atoms with Crippen molar-refractivity contribution in [3.8, 4) is 0 Å². The minimum absolute atomic E-state index is 0.559. The molecule has 56 valence electrons. The summed E-state index contributed by atoms with van der Waals surface area (Å²) in [6.07, 6.45) is 2.71. The molecule has 1 heterocycles. The fourth-order valence-corrected chi connectivity index (χ4v) is 1.14. The van der Waals surface area contributed by atoms with Crippen LogP contribution in [0, 0.1) is 0 Å². The van der Waals surface area contributed by atoms with Crippen LogP contribution in [-0.4, -0.2) is 31.2 Å². The molecule has 0 fully saturated rings. The van der Waals surface area contributed by atoms with Gasteiger partial charge in [0, 0.05) is 6.42 Å². The maximum Gasteiger partial charge on any atom is 0.336 e. The lowest BCUT2D eigenvalue weighted by molar-refractivity contribution is -0.875. The predicted molar refractivity (Wildman–Crippen MR) is 37.0 cm³/mol. The molecule has 0 bridgehead atoms. The predicted octanol–water partition coefficient (Wildman–Crippen LogP) is -1.08. The molecule has 3 heteroatoms. The summed E-state index contributed by atoms with van der Waals surface area (Å²) in [5.41, 5.74) is 0.559. The average molecular weight is 142 g/mol. The van der Waals surface area contributed by atoms with Crippen LogP contribution >= 0.6 is 0 Å². The number of carboxylic acids is 1. The Morgan fingerprint density at radius 3 is 2.90 bits per heavy atom. The fraction of sp³-hybridized carbons (Fsp3) is 0.571. The Bertz CT molecular complexity index is 174. The van der Waals surface area contributed by atoms with Crippen LogP contribution in [0.2, 0.25) is 0 Å². The highest BCUT2D eigenvalue weighted by atomic mass is 16.4. The van der Waals surface area contributed by atoms with E-state index in [0.717, 1.165) is 13.0 Å². The molecule has 2 N–H and O–H groups in total. The van der Waals surface area contributed by atoms with Crippen LogP contribution in [-0.2, 0) is 4.79 Å². The third kappa shape index (κ3) is 1.57. The van der Waals surface area contributed by atoms with E-state index in [2.05, 4.69) is 0 Å². The number of aliphatic carboxylic acids is 1. The topological polar surface area (TPSA) is 41.7 Å². The van der Waals surface area contributed by atoms with Crippen molar-refractivity contribution in [2.75, 3.05) is 20.1 Å². The lowest BCUT2D eigenvalue weighted by Crippen LogP contribution is -3.09. The van der Waals surface area contributed by atoms with E-state index in [1.54, 1.807) is 0 Å². The van der Waals surface area contributed by atoms with Crippen molar-refractivity contribution < 1.29 is 14.8 Å². The summed E-state index contributed by atoms with van der Waals surface area (Å²) in [7, 11) is 2.01. The molecule has 0 saturated heterocycles. The van der Waals surface area contributed by atoms with Gasteiger partial charge in [0.25, 0.3) is 0 Å². The van der Waals surface area contributed by atoms with E-state index >= 15 is 0 Å². The second-order valence-corrected chi connectivity index (χ2v) is 2.71. The molecular formula is C7H12NO2+. The lowest BCUT2D eigenvalue weighted by atomic mass is 10.1. The molecule has 10 heavy (non-hydrogen) atoms. The first-order valence-corrected chi connectivity index (χ1v) is 3.44. The molecule has 0 amide bonds. The fourth-order valence-electron chi connectivity index (χ4n) is 1.14. The van der Waals surface area contributed by atoms with Crippen LogP contribution in [0.15, 0.2) is 11.6 Å². The van der Waals surface area contributed by atoms with Gasteiger partial charge in [0.05, 0.1) is 19.2 Å². The first-order valence-electron chi connectivity index (χ1n) is 3.44. The molecule has 1 atom stereocenters. The van der Waals surface area contributed by atoms with E-state index in [-0.39, 0.29) is 0 Å². The van der Waals surface area contributed by atoms with Crippen LogP contribution in [0.3, 0.4) is 0 Å². The second kappa shape index (κ2) is 2.84. The van der Waals surface area contributed by atoms with Crippen molar-refractivity contribution in [2.24, 2.45) is 0 Å². The highest BCUT2D eigenvalue weighted by Gasteiger charge is 2.16. The van der Waals surface area contributed by atoms with Gasteiger partial charge < -0.3 is 10.0 Å². The van der Waals surface area contributed by atoms with Crippen molar-refractivity contribution in [3.05, 3.63) is 11.6 Å². The third-order valence-corrected chi connectivity index (χ3v) is 1.73. The number of hydrogen-bond donors (Lipinski definition) is 2. The van der Waals surface area contributed by atoms with Gasteiger partial charge >= 0.3 is 5.97 Å². The van der Waals surface area contributed by atoms with Crippen LogP contribution in [0.4, 0.5) is 0 Å². The van der Waals surface area contributed by atoms with E-state index in [0.29, 0.717) is 12.1 Å². The molecule has 1 rings (SSSR count). The van der Waals surface area contributed by atoms with Gasteiger partial charge in [-0.3, -0.25) is 0 Å². The Morgan fingerprint density at radius 2 is 2.50 bits per heavy atom. The maximum absolute atomic E-state index is 10.4. The van der Waals surface area contributed by atoms with Crippen LogP contribution in [0.5, 0.6) is 0 Å². The van der Waals surface area contributed by atoms with Crippen LogP contribution < -0.4 is 4.90 Å². The highest BCUT2D eigenvalue weighted by molar-refractivity contribution is 5.86. The van der Waals surface area contributed by atoms with E-state index in [9.17, 15) is 4.79 Å². The first kappa shape index (κ1) is 7.28. The zero-order valence-electron chi connectivity index (χ0n) is 6.05. The molecule has 0 aromatic carbocycles. The normalized spacial score (nSPS) is 25.7.